The second-order valence-corrected chi connectivity index (χ2v) is 4.10. The molecule has 6 heteroatoms. The first-order valence-corrected chi connectivity index (χ1v) is 4.76. The van der Waals surface area contributed by atoms with Crippen LogP contribution in [0.2, 0.25) is 0 Å². The van der Waals surface area contributed by atoms with Crippen molar-refractivity contribution in [1.29, 1.82) is 0 Å². The van der Waals surface area contributed by atoms with Gasteiger partial charge in [-0.05, 0) is 19.2 Å². The van der Waals surface area contributed by atoms with Gasteiger partial charge >= 0.3 is 6.18 Å². The molecule has 2 heterocycles. The Labute approximate surface area is 90.5 Å². The number of halogens is 3. The lowest BCUT2D eigenvalue weighted by Gasteiger charge is -2.44. The van der Waals surface area contributed by atoms with Crippen LogP contribution < -0.4 is 0 Å². The lowest BCUT2D eigenvalue weighted by molar-refractivity contribution is -0.147. The number of pyridine rings is 1. The molecule has 0 unspecified atom stereocenters. The first-order chi connectivity index (χ1) is 7.33. The Kier molecular flexibility index (Phi) is 2.43. The van der Waals surface area contributed by atoms with Crippen molar-refractivity contribution in [3.63, 3.8) is 0 Å². The summed E-state index contributed by atoms with van der Waals surface area (Å²) in [6, 6.07) is 2.16. The zero-order valence-electron chi connectivity index (χ0n) is 8.62. The SMILES string of the molecule is CN1CC(O)(c2ncccc2C(F)(F)F)C1. The van der Waals surface area contributed by atoms with E-state index in [1.165, 1.54) is 12.3 Å². The average molecular weight is 232 g/mol. The summed E-state index contributed by atoms with van der Waals surface area (Å²) >= 11 is 0. The Morgan fingerprint density at radius 1 is 1.44 bits per heavy atom. The first kappa shape index (κ1) is 11.3. The van der Waals surface area contributed by atoms with Crippen LogP contribution in [0.15, 0.2) is 18.3 Å². The molecule has 1 aromatic rings. The van der Waals surface area contributed by atoms with Gasteiger partial charge in [-0.1, -0.05) is 0 Å². The highest BCUT2D eigenvalue weighted by molar-refractivity contribution is 5.30. The van der Waals surface area contributed by atoms with Crippen LogP contribution in [0.5, 0.6) is 0 Å². The van der Waals surface area contributed by atoms with E-state index in [1.54, 1.807) is 11.9 Å². The molecule has 1 aromatic heterocycles. The van der Waals surface area contributed by atoms with E-state index >= 15 is 0 Å². The van der Waals surface area contributed by atoms with E-state index in [1.807, 2.05) is 0 Å². The predicted molar refractivity (Wildman–Crippen MR) is 50.6 cm³/mol. The van der Waals surface area contributed by atoms with Crippen molar-refractivity contribution in [2.45, 2.75) is 11.8 Å². The number of alkyl halides is 3. The fraction of sp³-hybridized carbons (Fsp3) is 0.500. The molecule has 0 aromatic carbocycles. The molecule has 0 bridgehead atoms. The maximum Gasteiger partial charge on any atom is 0.418 e. The van der Waals surface area contributed by atoms with Crippen molar-refractivity contribution in [1.82, 2.24) is 9.88 Å². The Morgan fingerprint density at radius 2 is 2.06 bits per heavy atom. The third-order valence-corrected chi connectivity index (χ3v) is 2.62. The Hall–Kier alpha value is -1.14. The summed E-state index contributed by atoms with van der Waals surface area (Å²) in [4.78, 5) is 5.41. The molecule has 0 saturated carbocycles. The number of rotatable bonds is 1. The Morgan fingerprint density at radius 3 is 2.56 bits per heavy atom. The van der Waals surface area contributed by atoms with Gasteiger partial charge in [0.2, 0.25) is 0 Å². The highest BCUT2D eigenvalue weighted by atomic mass is 19.4. The second kappa shape index (κ2) is 3.43. The van der Waals surface area contributed by atoms with E-state index in [0.29, 0.717) is 0 Å². The van der Waals surface area contributed by atoms with Crippen LogP contribution in [0, 0.1) is 0 Å². The molecule has 1 saturated heterocycles. The van der Waals surface area contributed by atoms with Crippen LogP contribution in [-0.4, -0.2) is 35.1 Å². The topological polar surface area (TPSA) is 36.4 Å². The van der Waals surface area contributed by atoms with Crippen molar-refractivity contribution in [3.8, 4) is 0 Å². The van der Waals surface area contributed by atoms with E-state index in [2.05, 4.69) is 4.98 Å². The first-order valence-electron chi connectivity index (χ1n) is 4.76. The normalized spacial score (nSPS) is 20.6. The molecular formula is C10H11F3N2O. The van der Waals surface area contributed by atoms with Crippen molar-refractivity contribution < 1.29 is 18.3 Å². The van der Waals surface area contributed by atoms with Gasteiger partial charge < -0.3 is 5.11 Å². The molecule has 2 rings (SSSR count). The number of aromatic nitrogens is 1. The van der Waals surface area contributed by atoms with Gasteiger partial charge in [0.25, 0.3) is 0 Å². The van der Waals surface area contributed by atoms with Gasteiger partial charge in [0.15, 0.2) is 0 Å². The molecule has 1 aliphatic rings. The Balaban J connectivity index is 2.42. The quantitative estimate of drug-likeness (QED) is 0.791. The summed E-state index contributed by atoms with van der Waals surface area (Å²) < 4.78 is 38.0. The molecule has 1 aliphatic heterocycles. The Bertz CT molecular complexity index is 399. The third kappa shape index (κ3) is 1.78. The predicted octanol–water partition coefficient (Wildman–Crippen LogP) is 1.23. The van der Waals surface area contributed by atoms with Gasteiger partial charge in [0.1, 0.15) is 5.60 Å². The highest BCUT2D eigenvalue weighted by Crippen LogP contribution is 2.38. The van der Waals surface area contributed by atoms with Crippen molar-refractivity contribution in [2.24, 2.45) is 0 Å². The molecule has 0 spiro atoms. The van der Waals surface area contributed by atoms with Crippen LogP contribution in [0.3, 0.4) is 0 Å². The van der Waals surface area contributed by atoms with E-state index in [0.717, 1.165) is 6.07 Å². The summed E-state index contributed by atoms with van der Waals surface area (Å²) in [5, 5.41) is 9.99. The monoisotopic (exact) mass is 232 g/mol. The fourth-order valence-electron chi connectivity index (χ4n) is 2.00. The minimum Gasteiger partial charge on any atom is -0.381 e. The van der Waals surface area contributed by atoms with Crippen molar-refractivity contribution >= 4 is 0 Å². The largest absolute Gasteiger partial charge is 0.418 e. The zero-order valence-corrected chi connectivity index (χ0v) is 8.62. The van der Waals surface area contributed by atoms with Gasteiger partial charge in [0, 0.05) is 19.3 Å². The molecular weight excluding hydrogens is 221 g/mol. The standard InChI is InChI=1S/C10H11F3N2O/c1-15-5-9(16,6-15)8-7(10(11,12)13)3-2-4-14-8/h2-4,16H,5-6H2,1H3. The maximum atomic E-state index is 12.7. The summed E-state index contributed by atoms with van der Waals surface area (Å²) in [6.45, 7) is 0.347. The van der Waals surface area contributed by atoms with Crippen molar-refractivity contribution in [2.75, 3.05) is 20.1 Å². The van der Waals surface area contributed by atoms with Crippen LogP contribution in [-0.2, 0) is 11.8 Å². The number of β-amino-alcohol motifs (C(OH)–C–C–N with tert-alkyl or cyclic N) is 1. The maximum absolute atomic E-state index is 12.7. The summed E-state index contributed by atoms with van der Waals surface area (Å²) in [5.41, 5.74) is -2.60. The number of hydrogen-bond donors (Lipinski definition) is 1. The smallest absolute Gasteiger partial charge is 0.381 e. The number of nitrogens with zero attached hydrogens (tertiary/aromatic N) is 2. The molecule has 0 atom stereocenters. The van der Waals surface area contributed by atoms with Gasteiger partial charge in [-0.3, -0.25) is 9.88 Å². The van der Waals surface area contributed by atoms with Gasteiger partial charge in [-0.2, -0.15) is 13.2 Å². The molecule has 16 heavy (non-hydrogen) atoms. The lowest BCUT2D eigenvalue weighted by Crippen LogP contribution is -2.58. The third-order valence-electron chi connectivity index (χ3n) is 2.62. The van der Waals surface area contributed by atoms with E-state index in [-0.39, 0.29) is 18.8 Å². The van der Waals surface area contributed by atoms with Crippen LogP contribution in [0.1, 0.15) is 11.3 Å². The average Bonchev–Trinajstić information content (AvgIpc) is 2.14. The van der Waals surface area contributed by atoms with Gasteiger partial charge in [-0.25, -0.2) is 0 Å². The van der Waals surface area contributed by atoms with Gasteiger partial charge in [-0.15, -0.1) is 0 Å². The molecule has 1 N–H and O–H groups in total. The van der Waals surface area contributed by atoms with E-state index in [9.17, 15) is 18.3 Å². The molecule has 88 valence electrons. The van der Waals surface area contributed by atoms with E-state index < -0.39 is 17.3 Å². The van der Waals surface area contributed by atoms with E-state index in [4.69, 9.17) is 0 Å². The van der Waals surface area contributed by atoms with Gasteiger partial charge in [0.05, 0.1) is 11.3 Å². The molecule has 1 fully saturated rings. The molecule has 0 aliphatic carbocycles. The number of aliphatic hydroxyl groups is 1. The number of hydrogen-bond acceptors (Lipinski definition) is 3. The molecule has 0 amide bonds. The highest BCUT2D eigenvalue weighted by Gasteiger charge is 2.47. The minimum absolute atomic E-state index is 0.174. The van der Waals surface area contributed by atoms with Crippen molar-refractivity contribution in [3.05, 3.63) is 29.6 Å². The minimum atomic E-state index is -4.48. The summed E-state index contributed by atoms with van der Waals surface area (Å²) in [7, 11) is 1.73. The summed E-state index contributed by atoms with van der Waals surface area (Å²) in [6.07, 6.45) is -3.21. The second-order valence-electron chi connectivity index (χ2n) is 4.10. The summed E-state index contributed by atoms with van der Waals surface area (Å²) in [5.74, 6) is 0. The fourth-order valence-corrected chi connectivity index (χ4v) is 2.00. The van der Waals surface area contributed by atoms with Crippen LogP contribution >= 0.6 is 0 Å². The number of likely N-dealkylation sites (tertiary alicyclic amines) is 1. The zero-order chi connectivity index (χ0) is 12.0. The van der Waals surface area contributed by atoms with Crippen LogP contribution in [0.25, 0.3) is 0 Å². The molecule has 0 radical (unpaired) electrons. The number of likely N-dealkylation sites (N-methyl/N-ethyl adjacent to an activating group) is 1. The lowest BCUT2D eigenvalue weighted by atomic mass is 9.87. The van der Waals surface area contributed by atoms with Crippen LogP contribution in [0.4, 0.5) is 13.2 Å². The molecule has 3 nitrogen and oxygen atoms in total.